The number of anilines is 2. The molecule has 1 unspecified atom stereocenters. The van der Waals surface area contributed by atoms with Gasteiger partial charge in [0, 0.05) is 60.1 Å². The van der Waals surface area contributed by atoms with E-state index in [-0.39, 0.29) is 5.92 Å². The predicted octanol–water partition coefficient (Wildman–Crippen LogP) is 4.14. The van der Waals surface area contributed by atoms with Crippen molar-refractivity contribution in [2.75, 3.05) is 38.6 Å². The lowest BCUT2D eigenvalue weighted by Crippen LogP contribution is -2.20. The topological polar surface area (TPSA) is 74.7 Å². The lowest BCUT2D eigenvalue weighted by molar-refractivity contribution is 0.315. The van der Waals surface area contributed by atoms with E-state index in [1.54, 1.807) is 0 Å². The van der Waals surface area contributed by atoms with Gasteiger partial charge in [0.15, 0.2) is 0 Å². The van der Waals surface area contributed by atoms with E-state index in [0.717, 1.165) is 52.0 Å². The molecule has 0 saturated heterocycles. The van der Waals surface area contributed by atoms with Crippen LogP contribution in [0.3, 0.4) is 0 Å². The first-order valence-corrected chi connectivity index (χ1v) is 10.8. The number of nitrogens with one attached hydrogen (secondary N) is 2. The molecule has 156 valence electrons. The standard InChI is InChI=1S/C22H25BrN6O/c1-3-24-6-7-30-20-10-15(17-13-26-29(2)14-17)9-19(11-20)27-22-25-12-16-8-18(23)4-5-21(16)28-22/h4-5,8-13,17,24H,3,6-7,14H2,1-2H3,(H,25,27,28). The molecule has 0 fully saturated rings. The molecule has 2 aromatic carbocycles. The third-order valence-electron chi connectivity index (χ3n) is 4.86. The molecule has 30 heavy (non-hydrogen) atoms. The van der Waals surface area contributed by atoms with Crippen LogP contribution >= 0.6 is 15.9 Å². The van der Waals surface area contributed by atoms with Crippen LogP contribution in [0.5, 0.6) is 5.75 Å². The van der Waals surface area contributed by atoms with Crippen molar-refractivity contribution >= 4 is 44.7 Å². The maximum atomic E-state index is 5.99. The summed E-state index contributed by atoms with van der Waals surface area (Å²) >= 11 is 3.48. The molecule has 1 aromatic heterocycles. The Balaban J connectivity index is 1.59. The second-order valence-corrected chi connectivity index (χ2v) is 8.14. The summed E-state index contributed by atoms with van der Waals surface area (Å²) in [6.45, 7) is 5.27. The maximum Gasteiger partial charge on any atom is 0.227 e. The number of ether oxygens (including phenoxy) is 1. The fourth-order valence-electron chi connectivity index (χ4n) is 3.37. The fraction of sp³-hybridized carbons (Fsp3) is 0.318. The molecule has 1 aliphatic heterocycles. The molecule has 1 aliphatic rings. The van der Waals surface area contributed by atoms with Crippen molar-refractivity contribution in [2.45, 2.75) is 12.8 Å². The van der Waals surface area contributed by atoms with Crippen LogP contribution in [0.4, 0.5) is 11.6 Å². The zero-order chi connectivity index (χ0) is 20.9. The van der Waals surface area contributed by atoms with Crippen molar-refractivity contribution in [3.63, 3.8) is 0 Å². The summed E-state index contributed by atoms with van der Waals surface area (Å²) in [6.07, 6.45) is 3.80. The molecule has 0 radical (unpaired) electrons. The summed E-state index contributed by atoms with van der Waals surface area (Å²) in [5.41, 5.74) is 2.93. The molecular weight excluding hydrogens is 444 g/mol. The SMILES string of the molecule is CCNCCOc1cc(Nc2ncc3cc(Br)ccc3n2)cc(C2C=NN(C)C2)c1. The molecule has 0 saturated carbocycles. The molecule has 0 aliphatic carbocycles. The van der Waals surface area contributed by atoms with Gasteiger partial charge in [-0.2, -0.15) is 5.10 Å². The summed E-state index contributed by atoms with van der Waals surface area (Å²) in [5, 5.41) is 13.9. The second-order valence-electron chi connectivity index (χ2n) is 7.23. The minimum absolute atomic E-state index is 0.225. The highest BCUT2D eigenvalue weighted by Crippen LogP contribution is 2.29. The average molecular weight is 469 g/mol. The smallest absolute Gasteiger partial charge is 0.227 e. The Morgan fingerprint density at radius 1 is 1.23 bits per heavy atom. The number of fused-ring (bicyclic) bond motifs is 1. The number of benzene rings is 2. The van der Waals surface area contributed by atoms with Gasteiger partial charge < -0.3 is 15.4 Å². The van der Waals surface area contributed by atoms with Gasteiger partial charge in [-0.3, -0.25) is 5.01 Å². The Labute approximate surface area is 184 Å². The van der Waals surface area contributed by atoms with Crippen LogP contribution in [0.2, 0.25) is 0 Å². The zero-order valence-electron chi connectivity index (χ0n) is 17.1. The summed E-state index contributed by atoms with van der Waals surface area (Å²) < 4.78 is 7.00. The highest BCUT2D eigenvalue weighted by molar-refractivity contribution is 9.10. The van der Waals surface area contributed by atoms with Gasteiger partial charge in [0.1, 0.15) is 12.4 Å². The van der Waals surface area contributed by atoms with Gasteiger partial charge in [-0.25, -0.2) is 9.97 Å². The molecule has 2 N–H and O–H groups in total. The van der Waals surface area contributed by atoms with Gasteiger partial charge in [0.25, 0.3) is 0 Å². The Bertz CT molecular complexity index is 1060. The first-order chi connectivity index (χ1) is 14.6. The molecular formula is C22H25BrN6O. The number of nitrogens with zero attached hydrogens (tertiary/aromatic N) is 4. The third kappa shape index (κ3) is 5.06. The van der Waals surface area contributed by atoms with E-state index in [9.17, 15) is 0 Å². The predicted molar refractivity (Wildman–Crippen MR) is 125 cm³/mol. The van der Waals surface area contributed by atoms with E-state index in [4.69, 9.17) is 4.74 Å². The van der Waals surface area contributed by atoms with Crippen LogP contribution in [0, 0.1) is 0 Å². The van der Waals surface area contributed by atoms with Gasteiger partial charge in [0.2, 0.25) is 5.95 Å². The Hall–Kier alpha value is -2.71. The van der Waals surface area contributed by atoms with Crippen LogP contribution in [-0.4, -0.2) is 54.5 Å². The Morgan fingerprint density at radius 3 is 2.93 bits per heavy atom. The average Bonchev–Trinajstić information content (AvgIpc) is 3.18. The van der Waals surface area contributed by atoms with Crippen molar-refractivity contribution in [1.82, 2.24) is 20.3 Å². The van der Waals surface area contributed by atoms with Crippen LogP contribution in [-0.2, 0) is 0 Å². The highest BCUT2D eigenvalue weighted by atomic mass is 79.9. The zero-order valence-corrected chi connectivity index (χ0v) is 18.7. The Kier molecular flexibility index (Phi) is 6.44. The van der Waals surface area contributed by atoms with Crippen molar-refractivity contribution in [1.29, 1.82) is 0 Å². The van der Waals surface area contributed by atoms with Crippen LogP contribution in [0.15, 0.2) is 52.2 Å². The van der Waals surface area contributed by atoms with E-state index in [1.165, 1.54) is 0 Å². The summed E-state index contributed by atoms with van der Waals surface area (Å²) in [5.74, 6) is 1.60. The first kappa shape index (κ1) is 20.6. The molecule has 2 heterocycles. The van der Waals surface area contributed by atoms with E-state index >= 15 is 0 Å². The minimum Gasteiger partial charge on any atom is -0.492 e. The number of aromatic nitrogens is 2. The van der Waals surface area contributed by atoms with Gasteiger partial charge in [-0.15, -0.1) is 0 Å². The lowest BCUT2D eigenvalue weighted by atomic mass is 10.00. The van der Waals surface area contributed by atoms with Crippen molar-refractivity contribution in [2.24, 2.45) is 5.10 Å². The number of hydrogen-bond acceptors (Lipinski definition) is 7. The van der Waals surface area contributed by atoms with Gasteiger partial charge in [-0.05, 0) is 42.4 Å². The molecule has 0 amide bonds. The van der Waals surface area contributed by atoms with Crippen molar-refractivity contribution < 1.29 is 4.74 Å². The number of likely N-dealkylation sites (N-methyl/N-ethyl adjacent to an activating group) is 2. The number of hydrogen-bond donors (Lipinski definition) is 2. The number of hydrazone groups is 1. The molecule has 7 nitrogen and oxygen atoms in total. The maximum absolute atomic E-state index is 5.99. The largest absolute Gasteiger partial charge is 0.492 e. The molecule has 8 heteroatoms. The van der Waals surface area contributed by atoms with Gasteiger partial charge in [0.05, 0.1) is 5.52 Å². The highest BCUT2D eigenvalue weighted by Gasteiger charge is 2.18. The van der Waals surface area contributed by atoms with Crippen LogP contribution in [0.25, 0.3) is 10.9 Å². The van der Waals surface area contributed by atoms with E-state index < -0.39 is 0 Å². The van der Waals surface area contributed by atoms with Crippen molar-refractivity contribution in [3.8, 4) is 5.75 Å². The molecule has 0 bridgehead atoms. The van der Waals surface area contributed by atoms with E-state index in [2.05, 4.69) is 60.7 Å². The third-order valence-corrected chi connectivity index (χ3v) is 5.35. The molecule has 4 rings (SSSR count). The Morgan fingerprint density at radius 2 is 2.13 bits per heavy atom. The normalized spacial score (nSPS) is 15.7. The van der Waals surface area contributed by atoms with Crippen LogP contribution < -0.4 is 15.4 Å². The molecule has 0 spiro atoms. The molecule has 3 aromatic rings. The first-order valence-electron chi connectivity index (χ1n) is 10.0. The van der Waals surface area contributed by atoms with Gasteiger partial charge >= 0.3 is 0 Å². The number of rotatable bonds is 8. The van der Waals surface area contributed by atoms with E-state index in [0.29, 0.717) is 12.6 Å². The quantitative estimate of drug-likeness (QED) is 0.483. The minimum atomic E-state index is 0.225. The molecule has 1 atom stereocenters. The van der Waals surface area contributed by atoms with Gasteiger partial charge in [-0.1, -0.05) is 22.9 Å². The second kappa shape index (κ2) is 9.40. The fourth-order valence-corrected chi connectivity index (χ4v) is 3.75. The summed E-state index contributed by atoms with van der Waals surface area (Å²) in [4.78, 5) is 9.11. The van der Waals surface area contributed by atoms with E-state index in [1.807, 2.05) is 48.7 Å². The summed E-state index contributed by atoms with van der Waals surface area (Å²) in [6, 6.07) is 12.1. The van der Waals surface area contributed by atoms with Crippen molar-refractivity contribution in [3.05, 3.63) is 52.6 Å². The number of halogens is 1. The van der Waals surface area contributed by atoms with Crippen LogP contribution in [0.1, 0.15) is 18.4 Å². The monoisotopic (exact) mass is 468 g/mol. The lowest BCUT2D eigenvalue weighted by Gasteiger charge is -2.15. The summed E-state index contributed by atoms with van der Waals surface area (Å²) in [7, 11) is 1.98.